The van der Waals surface area contributed by atoms with E-state index in [9.17, 15) is 4.79 Å². The first-order chi connectivity index (χ1) is 9.58. The normalized spacial score (nSPS) is 10.9. The van der Waals surface area contributed by atoms with Gasteiger partial charge in [-0.15, -0.1) is 11.3 Å². The molecule has 0 aliphatic carbocycles. The zero-order valence-electron chi connectivity index (χ0n) is 11.7. The summed E-state index contributed by atoms with van der Waals surface area (Å²) in [6, 6.07) is 7.06. The summed E-state index contributed by atoms with van der Waals surface area (Å²) >= 11 is 1.73. The minimum absolute atomic E-state index is 0.332. The lowest BCUT2D eigenvalue weighted by atomic mass is 10.1. The van der Waals surface area contributed by atoms with Crippen LogP contribution in [0.15, 0.2) is 30.5 Å². The summed E-state index contributed by atoms with van der Waals surface area (Å²) in [6.07, 6.45) is 2.95. The van der Waals surface area contributed by atoms with Gasteiger partial charge in [-0.2, -0.15) is 0 Å². The molecule has 0 bridgehead atoms. The maximum Gasteiger partial charge on any atom is 0.335 e. The molecule has 0 radical (unpaired) electrons. The van der Waals surface area contributed by atoms with E-state index in [4.69, 9.17) is 5.11 Å². The summed E-state index contributed by atoms with van der Waals surface area (Å²) < 4.78 is 0. The highest BCUT2D eigenvalue weighted by atomic mass is 32.1. The van der Waals surface area contributed by atoms with Gasteiger partial charge in [-0.3, -0.25) is 4.90 Å². The lowest BCUT2D eigenvalue weighted by Crippen LogP contribution is -2.17. The number of carboxylic acids is 1. The number of hydrogen-bond acceptors (Lipinski definition) is 4. The number of benzene rings is 1. The van der Waals surface area contributed by atoms with Gasteiger partial charge in [0, 0.05) is 17.6 Å². The van der Waals surface area contributed by atoms with E-state index in [0.29, 0.717) is 12.1 Å². The molecule has 0 aliphatic rings. The summed E-state index contributed by atoms with van der Waals surface area (Å²) in [5.41, 5.74) is 1.33. The van der Waals surface area contributed by atoms with Crippen LogP contribution in [0.3, 0.4) is 0 Å². The van der Waals surface area contributed by atoms with Crippen molar-refractivity contribution in [1.82, 2.24) is 9.88 Å². The van der Waals surface area contributed by atoms with E-state index >= 15 is 0 Å². The maximum absolute atomic E-state index is 10.9. The third-order valence-electron chi connectivity index (χ3n) is 2.98. The smallest absolute Gasteiger partial charge is 0.335 e. The van der Waals surface area contributed by atoms with Crippen LogP contribution in [-0.4, -0.2) is 28.0 Å². The van der Waals surface area contributed by atoms with Crippen LogP contribution >= 0.6 is 11.3 Å². The van der Waals surface area contributed by atoms with Crippen LogP contribution in [0.1, 0.15) is 32.7 Å². The average molecular weight is 290 g/mol. The summed E-state index contributed by atoms with van der Waals surface area (Å²) in [4.78, 5) is 18.8. The quantitative estimate of drug-likeness (QED) is 0.888. The molecule has 0 fully saturated rings. The molecule has 20 heavy (non-hydrogen) atoms. The lowest BCUT2D eigenvalue weighted by Gasteiger charge is -2.15. The number of rotatable bonds is 6. The first-order valence-electron chi connectivity index (χ1n) is 6.53. The van der Waals surface area contributed by atoms with Crippen LogP contribution in [-0.2, 0) is 19.5 Å². The van der Waals surface area contributed by atoms with Gasteiger partial charge in [-0.05, 0) is 31.2 Å². The van der Waals surface area contributed by atoms with Crippen molar-refractivity contribution >= 4 is 17.3 Å². The van der Waals surface area contributed by atoms with Crippen molar-refractivity contribution in [2.24, 2.45) is 0 Å². The van der Waals surface area contributed by atoms with Crippen LogP contribution in [0.5, 0.6) is 0 Å². The number of carbonyl (C=O) groups is 1. The van der Waals surface area contributed by atoms with E-state index in [2.05, 4.69) is 16.8 Å². The summed E-state index contributed by atoms with van der Waals surface area (Å²) in [5, 5.41) is 10.1. The zero-order chi connectivity index (χ0) is 14.5. The second kappa shape index (κ2) is 6.63. The molecule has 1 aromatic heterocycles. The van der Waals surface area contributed by atoms with Crippen molar-refractivity contribution in [2.45, 2.75) is 26.4 Å². The van der Waals surface area contributed by atoms with Crippen LogP contribution in [0.4, 0.5) is 0 Å². The third kappa shape index (κ3) is 3.88. The number of aromatic carboxylic acids is 1. The fourth-order valence-corrected chi connectivity index (χ4v) is 2.93. The Hall–Kier alpha value is -1.72. The van der Waals surface area contributed by atoms with E-state index in [1.165, 1.54) is 4.88 Å². The molecule has 0 aliphatic heterocycles. The maximum atomic E-state index is 10.9. The van der Waals surface area contributed by atoms with Gasteiger partial charge >= 0.3 is 5.97 Å². The monoisotopic (exact) mass is 290 g/mol. The number of carboxylic acid groups (broad SMARTS) is 1. The minimum atomic E-state index is -0.887. The van der Waals surface area contributed by atoms with Crippen molar-refractivity contribution in [1.29, 1.82) is 0 Å². The Morgan fingerprint density at radius 3 is 2.85 bits per heavy atom. The molecule has 2 rings (SSSR count). The Morgan fingerprint density at radius 2 is 2.20 bits per heavy atom. The Kier molecular flexibility index (Phi) is 4.87. The first-order valence-corrected chi connectivity index (χ1v) is 7.34. The Bertz CT molecular complexity index is 595. The SMILES string of the molecule is CCc1cnc(CN(C)Cc2cccc(C(=O)O)c2)s1. The molecule has 0 saturated carbocycles. The van der Waals surface area contributed by atoms with Crippen LogP contribution in [0.25, 0.3) is 0 Å². The predicted octanol–water partition coefficient (Wildman–Crippen LogP) is 3.04. The molecule has 5 heteroatoms. The van der Waals surface area contributed by atoms with Gasteiger partial charge in [0.2, 0.25) is 0 Å². The fourth-order valence-electron chi connectivity index (χ4n) is 1.99. The molecule has 1 aromatic carbocycles. The molecule has 0 unspecified atom stereocenters. The van der Waals surface area contributed by atoms with Crippen LogP contribution in [0, 0.1) is 0 Å². The van der Waals surface area contributed by atoms with Crippen molar-refractivity contribution < 1.29 is 9.90 Å². The van der Waals surface area contributed by atoms with Crippen molar-refractivity contribution in [3.63, 3.8) is 0 Å². The highest BCUT2D eigenvalue weighted by Crippen LogP contribution is 2.16. The molecule has 0 saturated heterocycles. The number of nitrogens with zero attached hydrogens (tertiary/aromatic N) is 2. The first kappa shape index (κ1) is 14.7. The lowest BCUT2D eigenvalue weighted by molar-refractivity contribution is 0.0696. The molecule has 0 atom stereocenters. The van der Waals surface area contributed by atoms with Crippen molar-refractivity contribution in [3.05, 3.63) is 51.5 Å². The van der Waals surface area contributed by atoms with Gasteiger partial charge in [0.25, 0.3) is 0 Å². The molecular formula is C15H18N2O2S. The number of aryl methyl sites for hydroxylation is 1. The molecule has 106 valence electrons. The minimum Gasteiger partial charge on any atom is -0.478 e. The Morgan fingerprint density at radius 1 is 1.40 bits per heavy atom. The van der Waals surface area contributed by atoms with Gasteiger partial charge in [0.15, 0.2) is 0 Å². The van der Waals surface area contributed by atoms with E-state index < -0.39 is 5.97 Å². The number of hydrogen-bond donors (Lipinski definition) is 1. The van der Waals surface area contributed by atoms with Crippen molar-refractivity contribution in [3.8, 4) is 0 Å². The highest BCUT2D eigenvalue weighted by molar-refractivity contribution is 7.11. The molecule has 1 heterocycles. The molecule has 0 spiro atoms. The topological polar surface area (TPSA) is 53.4 Å². The fraction of sp³-hybridized carbons (Fsp3) is 0.333. The van der Waals surface area contributed by atoms with Gasteiger partial charge in [-0.1, -0.05) is 19.1 Å². The largest absolute Gasteiger partial charge is 0.478 e. The predicted molar refractivity (Wildman–Crippen MR) is 80.1 cm³/mol. The van der Waals surface area contributed by atoms with E-state index in [0.717, 1.165) is 23.5 Å². The standard InChI is InChI=1S/C15H18N2O2S/c1-3-13-8-16-14(20-13)10-17(2)9-11-5-4-6-12(7-11)15(18)19/h4-8H,3,9-10H2,1-2H3,(H,18,19). The van der Waals surface area contributed by atoms with Gasteiger partial charge in [-0.25, -0.2) is 9.78 Å². The second-order valence-corrected chi connectivity index (χ2v) is 5.95. The summed E-state index contributed by atoms with van der Waals surface area (Å²) in [7, 11) is 2.01. The molecule has 1 N–H and O–H groups in total. The summed E-state index contributed by atoms with van der Waals surface area (Å²) in [5.74, 6) is -0.887. The highest BCUT2D eigenvalue weighted by Gasteiger charge is 2.08. The van der Waals surface area contributed by atoms with E-state index in [1.807, 2.05) is 19.3 Å². The summed E-state index contributed by atoms with van der Waals surface area (Å²) in [6.45, 7) is 3.61. The van der Waals surface area contributed by atoms with Crippen molar-refractivity contribution in [2.75, 3.05) is 7.05 Å². The van der Waals surface area contributed by atoms with E-state index in [1.54, 1.807) is 29.5 Å². The van der Waals surface area contributed by atoms with Gasteiger partial charge in [0.1, 0.15) is 5.01 Å². The Labute approximate surface area is 122 Å². The van der Waals surface area contributed by atoms with Gasteiger partial charge in [0.05, 0.1) is 12.1 Å². The second-order valence-electron chi connectivity index (χ2n) is 4.75. The molecular weight excluding hydrogens is 272 g/mol. The molecule has 2 aromatic rings. The van der Waals surface area contributed by atoms with E-state index in [-0.39, 0.29) is 0 Å². The van der Waals surface area contributed by atoms with Gasteiger partial charge < -0.3 is 5.11 Å². The zero-order valence-corrected chi connectivity index (χ0v) is 12.5. The third-order valence-corrected chi connectivity index (χ3v) is 4.11. The van der Waals surface area contributed by atoms with Crippen LogP contribution < -0.4 is 0 Å². The average Bonchev–Trinajstić information content (AvgIpc) is 2.86. The number of thiazole rings is 1. The van der Waals surface area contributed by atoms with Crippen LogP contribution in [0.2, 0.25) is 0 Å². The number of aromatic nitrogens is 1. The molecule has 4 nitrogen and oxygen atoms in total. The molecule has 0 amide bonds. The Balaban J connectivity index is 1.98.